The maximum Gasteiger partial charge on any atom is 0.193 e. The lowest BCUT2D eigenvalue weighted by atomic mass is 10.2. The predicted molar refractivity (Wildman–Crippen MR) is 84.4 cm³/mol. The van der Waals surface area contributed by atoms with Crippen LogP contribution in [0.2, 0.25) is 0 Å². The first kappa shape index (κ1) is 16.5. The third kappa shape index (κ3) is 5.18. The van der Waals surface area contributed by atoms with Crippen LogP contribution in [0.25, 0.3) is 0 Å². The van der Waals surface area contributed by atoms with E-state index in [2.05, 4.69) is 10.3 Å². The van der Waals surface area contributed by atoms with Gasteiger partial charge in [0.25, 0.3) is 0 Å². The van der Waals surface area contributed by atoms with Gasteiger partial charge in [0.15, 0.2) is 17.5 Å². The van der Waals surface area contributed by atoms with Gasteiger partial charge in [-0.3, -0.25) is 4.99 Å². The van der Waals surface area contributed by atoms with Crippen molar-refractivity contribution in [2.24, 2.45) is 10.9 Å². The molecule has 5 nitrogen and oxygen atoms in total. The Labute approximate surface area is 130 Å². The Morgan fingerprint density at radius 1 is 1.50 bits per heavy atom. The Hall–Kier alpha value is -1.82. The molecule has 22 heavy (non-hydrogen) atoms. The fourth-order valence-corrected chi connectivity index (χ4v) is 2.07. The van der Waals surface area contributed by atoms with Crippen LogP contribution in [0.3, 0.4) is 0 Å². The van der Waals surface area contributed by atoms with Gasteiger partial charge in [0.2, 0.25) is 0 Å². The fraction of sp³-hybridized carbons (Fsp3) is 0.562. The van der Waals surface area contributed by atoms with E-state index in [9.17, 15) is 9.50 Å². The highest BCUT2D eigenvalue weighted by Crippen LogP contribution is 2.28. The topological polar surface area (TPSA) is 57.1 Å². The van der Waals surface area contributed by atoms with E-state index in [4.69, 9.17) is 4.74 Å². The molecule has 0 saturated heterocycles. The second-order valence-electron chi connectivity index (χ2n) is 5.63. The van der Waals surface area contributed by atoms with Crippen LogP contribution < -0.4 is 5.32 Å². The summed E-state index contributed by atoms with van der Waals surface area (Å²) in [6, 6.07) is 4.34. The maximum absolute atomic E-state index is 13.3. The molecule has 0 amide bonds. The lowest BCUT2D eigenvalue weighted by molar-refractivity contribution is 0.115. The van der Waals surface area contributed by atoms with Crippen molar-refractivity contribution in [1.29, 1.82) is 0 Å². The molecule has 0 heterocycles. The Kier molecular flexibility index (Phi) is 6.00. The fourth-order valence-electron chi connectivity index (χ4n) is 2.07. The monoisotopic (exact) mass is 309 g/mol. The van der Waals surface area contributed by atoms with Crippen molar-refractivity contribution >= 4 is 5.96 Å². The summed E-state index contributed by atoms with van der Waals surface area (Å²) < 4.78 is 18.9. The number of phenolic OH excluding ortho intramolecular Hbond substituents is 1. The van der Waals surface area contributed by atoms with E-state index < -0.39 is 5.82 Å². The quantitative estimate of drug-likeness (QED) is 0.459. The minimum atomic E-state index is -0.615. The number of halogens is 1. The van der Waals surface area contributed by atoms with Crippen molar-refractivity contribution in [3.8, 4) is 5.75 Å². The maximum atomic E-state index is 13.3. The van der Waals surface area contributed by atoms with Crippen LogP contribution in [0.15, 0.2) is 23.2 Å². The highest BCUT2D eigenvalue weighted by molar-refractivity contribution is 5.79. The average molecular weight is 309 g/mol. The number of nitrogens with zero attached hydrogens (tertiary/aromatic N) is 2. The number of benzene rings is 1. The number of likely N-dealkylation sites (N-methyl/N-ethyl adjacent to an activating group) is 1. The lowest BCUT2D eigenvalue weighted by Gasteiger charge is -2.22. The molecule has 0 radical (unpaired) electrons. The molecule has 2 rings (SSSR count). The number of aromatic hydroxyl groups is 1. The van der Waals surface area contributed by atoms with E-state index in [0.717, 1.165) is 30.6 Å². The first-order valence-corrected chi connectivity index (χ1v) is 7.57. The second-order valence-corrected chi connectivity index (χ2v) is 5.63. The van der Waals surface area contributed by atoms with Gasteiger partial charge in [-0.25, -0.2) is 4.39 Å². The number of aliphatic imine (C=N–C) groups is 1. The van der Waals surface area contributed by atoms with Gasteiger partial charge in [-0.05, 0) is 36.5 Å². The van der Waals surface area contributed by atoms with Gasteiger partial charge < -0.3 is 20.1 Å². The van der Waals surface area contributed by atoms with E-state index in [1.165, 1.54) is 25.0 Å². The van der Waals surface area contributed by atoms with Gasteiger partial charge in [0, 0.05) is 33.8 Å². The molecule has 122 valence electrons. The zero-order valence-corrected chi connectivity index (χ0v) is 13.2. The number of rotatable bonds is 7. The summed E-state index contributed by atoms with van der Waals surface area (Å²) in [5, 5.41) is 12.3. The Morgan fingerprint density at radius 3 is 2.91 bits per heavy atom. The van der Waals surface area contributed by atoms with E-state index in [-0.39, 0.29) is 5.75 Å². The number of guanidine groups is 1. The van der Waals surface area contributed by atoms with E-state index in [1.54, 1.807) is 13.1 Å². The third-order valence-electron chi connectivity index (χ3n) is 3.66. The van der Waals surface area contributed by atoms with E-state index in [0.29, 0.717) is 13.2 Å². The third-order valence-corrected chi connectivity index (χ3v) is 3.66. The Bertz CT molecular complexity index is 518. The number of hydrogen-bond donors (Lipinski definition) is 2. The SMILES string of the molecule is CN=C(NCc1ccc(O)c(F)c1)N(C)CCOCC1CC1. The molecule has 6 heteroatoms. The van der Waals surface area contributed by atoms with E-state index in [1.807, 2.05) is 11.9 Å². The summed E-state index contributed by atoms with van der Waals surface area (Å²) in [6.07, 6.45) is 2.59. The summed E-state index contributed by atoms with van der Waals surface area (Å²) in [5.74, 6) is 0.546. The van der Waals surface area contributed by atoms with Crippen LogP contribution in [0, 0.1) is 11.7 Å². The number of nitrogens with one attached hydrogen (secondary N) is 1. The second kappa shape index (κ2) is 7.98. The largest absolute Gasteiger partial charge is 0.505 e. The molecule has 0 atom stereocenters. The number of hydrogen-bond acceptors (Lipinski definition) is 3. The van der Waals surface area contributed by atoms with Crippen LogP contribution in [0.1, 0.15) is 18.4 Å². The van der Waals surface area contributed by atoms with Crippen LogP contribution >= 0.6 is 0 Å². The van der Waals surface area contributed by atoms with Gasteiger partial charge in [0.1, 0.15) is 0 Å². The minimum Gasteiger partial charge on any atom is -0.505 e. The summed E-state index contributed by atoms with van der Waals surface area (Å²) in [6.45, 7) is 2.71. The van der Waals surface area contributed by atoms with Gasteiger partial charge in [-0.15, -0.1) is 0 Å². The molecular weight excluding hydrogens is 285 g/mol. The minimum absolute atomic E-state index is 0.335. The summed E-state index contributed by atoms with van der Waals surface area (Å²) in [5.41, 5.74) is 0.745. The smallest absolute Gasteiger partial charge is 0.193 e. The zero-order valence-electron chi connectivity index (χ0n) is 13.2. The summed E-state index contributed by atoms with van der Waals surface area (Å²) in [7, 11) is 3.65. The lowest BCUT2D eigenvalue weighted by Crippen LogP contribution is -2.40. The number of phenols is 1. The molecule has 1 fully saturated rings. The van der Waals surface area contributed by atoms with E-state index >= 15 is 0 Å². The van der Waals surface area contributed by atoms with Crippen LogP contribution in [0.4, 0.5) is 4.39 Å². The van der Waals surface area contributed by atoms with Crippen LogP contribution in [-0.2, 0) is 11.3 Å². The van der Waals surface area contributed by atoms with Crippen molar-refractivity contribution in [1.82, 2.24) is 10.2 Å². The summed E-state index contributed by atoms with van der Waals surface area (Å²) >= 11 is 0. The normalized spacial score (nSPS) is 15.0. The van der Waals surface area contributed by atoms with Gasteiger partial charge in [-0.1, -0.05) is 6.07 Å². The van der Waals surface area contributed by atoms with Gasteiger partial charge in [-0.2, -0.15) is 0 Å². The van der Waals surface area contributed by atoms with Crippen molar-refractivity contribution in [3.05, 3.63) is 29.6 Å². The molecule has 0 aliphatic heterocycles. The molecule has 0 spiro atoms. The van der Waals surface area contributed by atoms with Crippen molar-refractivity contribution in [3.63, 3.8) is 0 Å². The highest BCUT2D eigenvalue weighted by Gasteiger charge is 2.21. The molecule has 0 unspecified atom stereocenters. The molecule has 1 aliphatic rings. The molecule has 1 saturated carbocycles. The predicted octanol–water partition coefficient (Wildman–Crippen LogP) is 1.97. The molecular formula is C16H24FN3O2. The van der Waals surface area contributed by atoms with Gasteiger partial charge >= 0.3 is 0 Å². The standard InChI is InChI=1S/C16H24FN3O2/c1-18-16(20(2)7-8-22-11-12-3-4-12)19-10-13-5-6-15(21)14(17)9-13/h5-6,9,12,21H,3-4,7-8,10-11H2,1-2H3,(H,18,19). The molecule has 1 aromatic rings. The molecule has 0 bridgehead atoms. The van der Waals surface area contributed by atoms with Crippen LogP contribution in [0.5, 0.6) is 5.75 Å². The van der Waals surface area contributed by atoms with Gasteiger partial charge in [0.05, 0.1) is 6.61 Å². The van der Waals surface area contributed by atoms with Crippen molar-refractivity contribution in [2.45, 2.75) is 19.4 Å². The average Bonchev–Trinajstić information content (AvgIpc) is 3.32. The first-order valence-electron chi connectivity index (χ1n) is 7.57. The Balaban J connectivity index is 1.73. The zero-order chi connectivity index (χ0) is 15.9. The number of ether oxygens (including phenoxy) is 1. The Morgan fingerprint density at radius 2 is 2.27 bits per heavy atom. The molecule has 0 aromatic heterocycles. The highest BCUT2D eigenvalue weighted by atomic mass is 19.1. The molecule has 1 aliphatic carbocycles. The molecule has 2 N–H and O–H groups in total. The summed E-state index contributed by atoms with van der Waals surface area (Å²) in [4.78, 5) is 6.18. The van der Waals surface area contributed by atoms with Crippen molar-refractivity contribution < 1.29 is 14.2 Å². The van der Waals surface area contributed by atoms with Crippen molar-refractivity contribution in [2.75, 3.05) is 33.9 Å². The van der Waals surface area contributed by atoms with Crippen LogP contribution in [-0.4, -0.2) is 49.8 Å². The molecule has 1 aromatic carbocycles. The first-order chi connectivity index (χ1) is 10.6.